The summed E-state index contributed by atoms with van der Waals surface area (Å²) in [6.07, 6.45) is 8.39. The third kappa shape index (κ3) is 9.82. The van der Waals surface area contributed by atoms with Crippen molar-refractivity contribution in [1.29, 1.82) is 10.8 Å². The van der Waals surface area contributed by atoms with Crippen LogP contribution in [0.15, 0.2) is 72.8 Å². The summed E-state index contributed by atoms with van der Waals surface area (Å²) < 4.78 is 11.4. The molecule has 6 N–H and O–H groups in total. The van der Waals surface area contributed by atoms with Crippen molar-refractivity contribution in [2.45, 2.75) is 0 Å². The fourth-order valence-electron chi connectivity index (χ4n) is 3.49. The highest BCUT2D eigenvalue weighted by Crippen LogP contribution is 2.12. The first kappa shape index (κ1) is 27.9. The topological polar surface area (TPSA) is 125 Å². The van der Waals surface area contributed by atoms with Crippen LogP contribution in [0.2, 0.25) is 0 Å². The van der Waals surface area contributed by atoms with Crippen LogP contribution in [0.25, 0.3) is 0 Å². The maximum Gasteiger partial charge on any atom is 0.122 e. The van der Waals surface area contributed by atoms with Crippen LogP contribution in [-0.2, 0) is 0 Å². The number of amidine groups is 2. The fraction of sp³-hybridized carbons (Fsp3) is 0.308. The van der Waals surface area contributed by atoms with Crippen molar-refractivity contribution in [2.24, 2.45) is 11.5 Å². The van der Waals surface area contributed by atoms with E-state index in [1.165, 1.54) is 0 Å². The SMILES string of the molecule is Cl.N=C(N)c1ccc(OC/C=C/CN2CCN(C/C=C/COc3ccc(C(=N)N)cc3)CC2)cc1. The Morgan fingerprint density at radius 3 is 1.31 bits per heavy atom. The summed E-state index contributed by atoms with van der Waals surface area (Å²) >= 11 is 0. The number of hydrogen-bond acceptors (Lipinski definition) is 6. The number of ether oxygens (including phenoxy) is 2. The molecule has 1 heterocycles. The predicted octanol–water partition coefficient (Wildman–Crippen LogP) is 2.86. The lowest BCUT2D eigenvalue weighted by Gasteiger charge is -2.33. The Bertz CT molecular complexity index is 902. The third-order valence-electron chi connectivity index (χ3n) is 5.55. The molecule has 188 valence electrons. The molecule has 0 bridgehead atoms. The molecule has 3 rings (SSSR count). The van der Waals surface area contributed by atoms with E-state index in [-0.39, 0.29) is 24.1 Å². The van der Waals surface area contributed by atoms with Crippen LogP contribution < -0.4 is 20.9 Å². The van der Waals surface area contributed by atoms with Crippen LogP contribution in [-0.4, -0.2) is 74.0 Å². The summed E-state index contributed by atoms with van der Waals surface area (Å²) in [4.78, 5) is 4.87. The second-order valence-electron chi connectivity index (χ2n) is 8.04. The Hall–Kier alpha value is -3.33. The van der Waals surface area contributed by atoms with E-state index in [0.717, 1.165) is 50.8 Å². The molecule has 35 heavy (non-hydrogen) atoms. The molecule has 0 radical (unpaired) electrons. The summed E-state index contributed by atoms with van der Waals surface area (Å²) in [6.45, 7) is 7.07. The van der Waals surface area contributed by atoms with E-state index < -0.39 is 0 Å². The van der Waals surface area contributed by atoms with Gasteiger partial charge in [0.1, 0.15) is 36.4 Å². The molecule has 0 saturated carbocycles. The molecule has 2 aromatic rings. The summed E-state index contributed by atoms with van der Waals surface area (Å²) in [6, 6.07) is 14.5. The maximum atomic E-state index is 7.41. The van der Waals surface area contributed by atoms with E-state index in [9.17, 15) is 0 Å². The van der Waals surface area contributed by atoms with Crippen molar-refractivity contribution in [3.8, 4) is 11.5 Å². The van der Waals surface area contributed by atoms with Gasteiger partial charge in [-0.3, -0.25) is 20.6 Å². The van der Waals surface area contributed by atoms with E-state index in [1.54, 1.807) is 24.3 Å². The zero-order chi connectivity index (χ0) is 24.2. The molecular weight excluding hydrogens is 464 g/mol. The van der Waals surface area contributed by atoms with E-state index in [4.69, 9.17) is 31.8 Å². The maximum absolute atomic E-state index is 7.41. The number of hydrogen-bond donors (Lipinski definition) is 4. The molecule has 1 saturated heterocycles. The second kappa shape index (κ2) is 14.8. The molecule has 0 amide bonds. The molecule has 9 heteroatoms. The van der Waals surface area contributed by atoms with Gasteiger partial charge in [-0.05, 0) is 48.5 Å². The Morgan fingerprint density at radius 1 is 0.657 bits per heavy atom. The van der Waals surface area contributed by atoms with Gasteiger partial charge in [-0.1, -0.05) is 24.3 Å². The molecular formula is C26H35ClN6O2. The lowest BCUT2D eigenvalue weighted by atomic mass is 10.2. The number of nitrogen functional groups attached to an aromatic ring is 2. The summed E-state index contributed by atoms with van der Waals surface area (Å²) in [5.41, 5.74) is 12.3. The van der Waals surface area contributed by atoms with Gasteiger partial charge < -0.3 is 20.9 Å². The minimum atomic E-state index is 0. The highest BCUT2D eigenvalue weighted by Gasteiger charge is 2.14. The number of halogens is 1. The first-order valence-electron chi connectivity index (χ1n) is 11.4. The molecule has 0 atom stereocenters. The van der Waals surface area contributed by atoms with Crippen LogP contribution in [0, 0.1) is 10.8 Å². The molecule has 1 fully saturated rings. The van der Waals surface area contributed by atoms with Crippen LogP contribution in [0.5, 0.6) is 11.5 Å². The van der Waals surface area contributed by atoms with Gasteiger partial charge in [0.15, 0.2) is 0 Å². The Balaban J connectivity index is 0.00000432. The lowest BCUT2D eigenvalue weighted by Crippen LogP contribution is -2.46. The third-order valence-corrected chi connectivity index (χ3v) is 5.55. The highest BCUT2D eigenvalue weighted by molar-refractivity contribution is 5.95. The van der Waals surface area contributed by atoms with E-state index in [0.29, 0.717) is 24.3 Å². The summed E-state index contributed by atoms with van der Waals surface area (Å²) in [5, 5.41) is 14.8. The molecule has 0 unspecified atom stereocenters. The van der Waals surface area contributed by atoms with Crippen LogP contribution in [0.4, 0.5) is 0 Å². The molecule has 0 spiro atoms. The quantitative estimate of drug-likeness (QED) is 0.202. The normalized spacial score (nSPS) is 14.6. The van der Waals surface area contributed by atoms with Gasteiger partial charge in [0, 0.05) is 50.4 Å². The molecule has 0 aromatic heterocycles. The first-order chi connectivity index (χ1) is 16.5. The van der Waals surface area contributed by atoms with Gasteiger partial charge in [-0.2, -0.15) is 0 Å². The van der Waals surface area contributed by atoms with Gasteiger partial charge in [0.2, 0.25) is 0 Å². The van der Waals surface area contributed by atoms with Crippen LogP contribution in [0.3, 0.4) is 0 Å². The average molecular weight is 499 g/mol. The van der Waals surface area contributed by atoms with E-state index >= 15 is 0 Å². The number of nitrogens with zero attached hydrogens (tertiary/aromatic N) is 2. The second-order valence-corrected chi connectivity index (χ2v) is 8.04. The zero-order valence-electron chi connectivity index (χ0n) is 19.9. The Kier molecular flexibility index (Phi) is 11.8. The number of nitrogens with one attached hydrogen (secondary N) is 2. The van der Waals surface area contributed by atoms with Crippen molar-refractivity contribution in [3.05, 3.63) is 84.0 Å². The van der Waals surface area contributed by atoms with Gasteiger partial charge in [0.05, 0.1) is 0 Å². The summed E-state index contributed by atoms with van der Waals surface area (Å²) in [7, 11) is 0. The molecule has 8 nitrogen and oxygen atoms in total. The van der Waals surface area contributed by atoms with Crippen molar-refractivity contribution in [1.82, 2.24) is 9.80 Å². The Labute approximate surface area is 213 Å². The minimum Gasteiger partial charge on any atom is -0.490 e. The van der Waals surface area contributed by atoms with E-state index in [1.807, 2.05) is 36.4 Å². The predicted molar refractivity (Wildman–Crippen MR) is 144 cm³/mol. The minimum absolute atomic E-state index is 0. The van der Waals surface area contributed by atoms with Crippen molar-refractivity contribution in [2.75, 3.05) is 52.5 Å². The molecule has 1 aliphatic heterocycles. The largest absolute Gasteiger partial charge is 0.490 e. The monoisotopic (exact) mass is 498 g/mol. The fourth-order valence-corrected chi connectivity index (χ4v) is 3.49. The van der Waals surface area contributed by atoms with Gasteiger partial charge in [0.25, 0.3) is 0 Å². The van der Waals surface area contributed by atoms with Crippen LogP contribution in [0.1, 0.15) is 11.1 Å². The van der Waals surface area contributed by atoms with Gasteiger partial charge in [-0.15, -0.1) is 12.4 Å². The standard InChI is InChI=1S/C26H34N6O2.ClH/c27-25(28)21-5-9-23(10-6-21)33-19-3-1-13-31-15-17-32(18-16-31)14-2-4-20-34-24-11-7-22(8-12-24)26(29)30;/h1-12H,13-20H2,(H3,27,28)(H3,29,30);1H/b3-1+,4-2+;. The van der Waals surface area contributed by atoms with Crippen molar-refractivity contribution in [3.63, 3.8) is 0 Å². The lowest BCUT2D eigenvalue weighted by molar-refractivity contribution is 0.153. The molecule has 2 aromatic carbocycles. The van der Waals surface area contributed by atoms with Gasteiger partial charge >= 0.3 is 0 Å². The zero-order valence-corrected chi connectivity index (χ0v) is 20.7. The van der Waals surface area contributed by atoms with Crippen molar-refractivity contribution < 1.29 is 9.47 Å². The first-order valence-corrected chi connectivity index (χ1v) is 11.4. The van der Waals surface area contributed by atoms with Crippen LogP contribution >= 0.6 is 12.4 Å². The smallest absolute Gasteiger partial charge is 0.122 e. The number of benzene rings is 2. The molecule has 1 aliphatic rings. The molecule has 0 aliphatic carbocycles. The average Bonchev–Trinajstić information content (AvgIpc) is 2.85. The Morgan fingerprint density at radius 2 is 1.00 bits per heavy atom. The van der Waals surface area contributed by atoms with E-state index in [2.05, 4.69) is 22.0 Å². The number of rotatable bonds is 12. The summed E-state index contributed by atoms with van der Waals surface area (Å²) in [5.74, 6) is 1.66. The number of nitrogens with two attached hydrogens (primary N) is 2. The number of piperazine rings is 1. The highest BCUT2D eigenvalue weighted by atomic mass is 35.5. The van der Waals surface area contributed by atoms with Gasteiger partial charge in [-0.25, -0.2) is 0 Å². The van der Waals surface area contributed by atoms with Crippen molar-refractivity contribution >= 4 is 24.1 Å².